The summed E-state index contributed by atoms with van der Waals surface area (Å²) in [6.07, 6.45) is 1.85. The number of sulfonamides is 1. The molecular weight excluding hydrogens is 360 g/mol. The first-order chi connectivity index (χ1) is 8.59. The summed E-state index contributed by atoms with van der Waals surface area (Å²) in [5.41, 5.74) is 0. The Morgan fingerprint density at radius 1 is 1.37 bits per heavy atom. The quantitative estimate of drug-likeness (QED) is 0.862. The summed E-state index contributed by atoms with van der Waals surface area (Å²) in [4.78, 5) is -0.578. The van der Waals surface area contributed by atoms with Crippen LogP contribution in [0.4, 0.5) is 8.78 Å². The summed E-state index contributed by atoms with van der Waals surface area (Å²) in [6.45, 7) is 3.85. The highest BCUT2D eigenvalue weighted by Crippen LogP contribution is 2.27. The minimum Gasteiger partial charge on any atom is -0.210 e. The van der Waals surface area contributed by atoms with Gasteiger partial charge in [0.1, 0.15) is 16.5 Å². The third-order valence-corrected chi connectivity index (χ3v) is 6.09. The molecule has 0 spiro atoms. The molecule has 19 heavy (non-hydrogen) atoms. The summed E-state index contributed by atoms with van der Waals surface area (Å²) < 4.78 is 52.5. The number of hydrogen-bond acceptors (Lipinski definition) is 3. The maximum Gasteiger partial charge on any atom is 0.244 e. The average molecular weight is 374 g/mol. The van der Waals surface area contributed by atoms with Crippen molar-refractivity contribution in [1.82, 2.24) is 4.72 Å². The van der Waals surface area contributed by atoms with E-state index in [2.05, 4.69) is 20.7 Å². The topological polar surface area (TPSA) is 46.2 Å². The van der Waals surface area contributed by atoms with Crippen molar-refractivity contribution in [3.8, 4) is 0 Å². The molecule has 0 fully saturated rings. The number of hydrogen-bond donors (Lipinski definition) is 1. The summed E-state index contributed by atoms with van der Waals surface area (Å²) >= 11 is 4.35. The van der Waals surface area contributed by atoms with Crippen LogP contribution in [0.5, 0.6) is 0 Å². The first-order valence-corrected chi connectivity index (χ1v) is 8.78. The lowest BCUT2D eigenvalue weighted by atomic mass is 10.2. The molecule has 0 unspecified atom stereocenters. The van der Waals surface area contributed by atoms with E-state index in [4.69, 9.17) is 0 Å². The molecule has 0 amide bonds. The van der Waals surface area contributed by atoms with Gasteiger partial charge in [-0.25, -0.2) is 21.9 Å². The summed E-state index contributed by atoms with van der Waals surface area (Å²) in [5.74, 6) is -1.96. The molecule has 0 aliphatic rings. The summed E-state index contributed by atoms with van der Waals surface area (Å²) in [5, 5.41) is 0. The summed E-state index contributed by atoms with van der Waals surface area (Å²) in [6, 6.07) is 1.45. The SMILES string of the molecule is CSC(C)(C)CNS(=O)(=O)c1c(F)cc(F)cc1Br. The molecule has 1 N–H and O–H groups in total. The van der Waals surface area contributed by atoms with Gasteiger partial charge in [0, 0.05) is 21.8 Å². The lowest BCUT2D eigenvalue weighted by Crippen LogP contribution is -2.36. The second-order valence-corrected chi connectivity index (χ2v) is 8.56. The highest BCUT2D eigenvalue weighted by molar-refractivity contribution is 9.10. The molecule has 3 nitrogen and oxygen atoms in total. The van der Waals surface area contributed by atoms with Gasteiger partial charge in [0.05, 0.1) is 0 Å². The zero-order valence-corrected chi connectivity index (χ0v) is 13.8. The Hall–Kier alpha value is -0.180. The Morgan fingerprint density at radius 2 is 1.95 bits per heavy atom. The van der Waals surface area contributed by atoms with Gasteiger partial charge in [-0.1, -0.05) is 0 Å². The van der Waals surface area contributed by atoms with Gasteiger partial charge in [-0.2, -0.15) is 11.8 Å². The van der Waals surface area contributed by atoms with Crippen molar-refractivity contribution in [2.75, 3.05) is 12.8 Å². The Kier molecular flexibility index (Phi) is 5.39. The Morgan fingerprint density at radius 3 is 2.42 bits per heavy atom. The predicted octanol–water partition coefficient (Wildman–Crippen LogP) is 3.15. The van der Waals surface area contributed by atoms with Gasteiger partial charge in [0.25, 0.3) is 0 Å². The third-order valence-electron chi connectivity index (χ3n) is 2.47. The van der Waals surface area contributed by atoms with Crippen LogP contribution >= 0.6 is 27.7 Å². The fourth-order valence-electron chi connectivity index (χ4n) is 1.20. The zero-order chi connectivity index (χ0) is 14.8. The Bertz CT molecular complexity index is 553. The summed E-state index contributed by atoms with van der Waals surface area (Å²) in [7, 11) is -4.03. The highest BCUT2D eigenvalue weighted by Gasteiger charge is 2.26. The van der Waals surface area contributed by atoms with Gasteiger partial charge in [-0.15, -0.1) is 0 Å². The Labute approximate surface area is 124 Å². The number of benzene rings is 1. The van der Waals surface area contributed by atoms with E-state index in [0.29, 0.717) is 6.07 Å². The van der Waals surface area contributed by atoms with Crippen LogP contribution in [0.2, 0.25) is 0 Å². The first kappa shape index (κ1) is 16.9. The van der Waals surface area contributed by atoms with Crippen LogP contribution < -0.4 is 4.72 Å². The van der Waals surface area contributed by atoms with Crippen molar-refractivity contribution in [1.29, 1.82) is 0 Å². The molecule has 0 saturated heterocycles. The van der Waals surface area contributed by atoms with E-state index in [1.165, 1.54) is 11.8 Å². The van der Waals surface area contributed by atoms with Crippen LogP contribution in [0.1, 0.15) is 13.8 Å². The number of rotatable bonds is 5. The maximum absolute atomic E-state index is 13.6. The highest BCUT2D eigenvalue weighted by atomic mass is 79.9. The van der Waals surface area contributed by atoms with Crippen molar-refractivity contribution in [2.24, 2.45) is 0 Å². The van der Waals surface area contributed by atoms with Gasteiger partial charge in [-0.05, 0) is 42.1 Å². The molecule has 1 rings (SSSR count). The van der Waals surface area contributed by atoms with Crippen LogP contribution in [0, 0.1) is 11.6 Å². The van der Waals surface area contributed by atoms with Crippen molar-refractivity contribution >= 4 is 37.7 Å². The molecular formula is C11H14BrF2NO2S2. The smallest absolute Gasteiger partial charge is 0.210 e. The van der Waals surface area contributed by atoms with Gasteiger partial charge in [-0.3, -0.25) is 0 Å². The van der Waals surface area contributed by atoms with Crippen LogP contribution in [0.3, 0.4) is 0 Å². The monoisotopic (exact) mass is 373 g/mol. The van der Waals surface area contributed by atoms with E-state index in [0.717, 1.165) is 6.07 Å². The van der Waals surface area contributed by atoms with E-state index in [9.17, 15) is 17.2 Å². The van der Waals surface area contributed by atoms with Gasteiger partial charge < -0.3 is 0 Å². The molecule has 8 heteroatoms. The second-order valence-electron chi connectivity index (χ2n) is 4.49. The van der Waals surface area contributed by atoms with E-state index in [1.807, 2.05) is 20.1 Å². The standard InChI is InChI=1S/C11H14BrF2NO2S2/c1-11(2,18-3)6-15-19(16,17)10-8(12)4-7(13)5-9(10)14/h4-5,15H,6H2,1-3H3. The third kappa shape index (κ3) is 4.40. The minimum absolute atomic E-state index is 0.139. The van der Waals surface area contributed by atoms with Crippen molar-refractivity contribution in [3.05, 3.63) is 28.2 Å². The van der Waals surface area contributed by atoms with Gasteiger partial charge in [0.2, 0.25) is 10.0 Å². The molecule has 0 saturated carbocycles. The van der Waals surface area contributed by atoms with Crippen LogP contribution in [0.15, 0.2) is 21.5 Å². The molecule has 0 aromatic heterocycles. The van der Waals surface area contributed by atoms with E-state index < -0.39 is 26.6 Å². The average Bonchev–Trinajstić information content (AvgIpc) is 2.25. The Balaban J connectivity index is 3.09. The number of nitrogens with one attached hydrogen (secondary N) is 1. The molecule has 0 radical (unpaired) electrons. The van der Waals surface area contributed by atoms with E-state index in [1.54, 1.807) is 0 Å². The minimum atomic E-state index is -4.03. The molecule has 1 aromatic carbocycles. The molecule has 0 aliphatic heterocycles. The van der Waals surface area contributed by atoms with Crippen LogP contribution in [-0.2, 0) is 10.0 Å². The molecule has 0 aliphatic carbocycles. The van der Waals surface area contributed by atoms with Crippen molar-refractivity contribution in [2.45, 2.75) is 23.5 Å². The van der Waals surface area contributed by atoms with Crippen LogP contribution in [0.25, 0.3) is 0 Å². The number of thioether (sulfide) groups is 1. The van der Waals surface area contributed by atoms with Crippen LogP contribution in [-0.4, -0.2) is 26.0 Å². The normalized spacial score (nSPS) is 12.7. The maximum atomic E-state index is 13.6. The first-order valence-electron chi connectivity index (χ1n) is 5.28. The lowest BCUT2D eigenvalue weighted by Gasteiger charge is -2.22. The zero-order valence-electron chi connectivity index (χ0n) is 10.6. The molecule has 0 heterocycles. The van der Waals surface area contributed by atoms with Crippen molar-refractivity contribution in [3.63, 3.8) is 0 Å². The molecule has 0 atom stereocenters. The van der Waals surface area contributed by atoms with Crippen molar-refractivity contribution < 1.29 is 17.2 Å². The number of halogens is 3. The fourth-order valence-corrected chi connectivity index (χ4v) is 3.88. The predicted molar refractivity (Wildman–Crippen MR) is 76.8 cm³/mol. The van der Waals surface area contributed by atoms with Gasteiger partial charge in [0.15, 0.2) is 0 Å². The molecule has 0 bridgehead atoms. The molecule has 108 valence electrons. The van der Waals surface area contributed by atoms with Gasteiger partial charge >= 0.3 is 0 Å². The molecule has 1 aromatic rings. The van der Waals surface area contributed by atoms with E-state index >= 15 is 0 Å². The second kappa shape index (κ2) is 6.07. The lowest BCUT2D eigenvalue weighted by molar-refractivity contribution is 0.537. The largest absolute Gasteiger partial charge is 0.244 e. The fraction of sp³-hybridized carbons (Fsp3) is 0.455. The van der Waals surface area contributed by atoms with E-state index in [-0.39, 0.29) is 15.8 Å².